The normalized spacial score (nSPS) is 27.8. The third-order valence-electron chi connectivity index (χ3n) is 3.79. The average Bonchev–Trinajstić information content (AvgIpc) is 3.13. The number of carboxylic acid groups (broad SMARTS) is 1. The third kappa shape index (κ3) is 3.98. The maximum absolute atomic E-state index is 11.7. The Morgan fingerprint density at radius 2 is 1.83 bits per heavy atom. The summed E-state index contributed by atoms with van der Waals surface area (Å²) in [5.41, 5.74) is 0. The molecule has 0 bridgehead atoms. The average molecular weight is 254 g/mol. The predicted molar refractivity (Wildman–Crippen MR) is 67.2 cm³/mol. The Kier molecular flexibility index (Phi) is 4.58. The molecular formula is C13H22N2O3. The van der Waals surface area contributed by atoms with Crippen LogP contribution in [-0.4, -0.2) is 35.6 Å². The Balaban J connectivity index is 1.71. The van der Waals surface area contributed by atoms with Gasteiger partial charge in [0.25, 0.3) is 0 Å². The number of carboxylic acids is 1. The summed E-state index contributed by atoms with van der Waals surface area (Å²) in [4.78, 5) is 22.8. The molecule has 0 spiro atoms. The summed E-state index contributed by atoms with van der Waals surface area (Å²) in [5.74, 6) is -1.21. The van der Waals surface area contributed by atoms with Gasteiger partial charge in [-0.25, -0.2) is 0 Å². The first kappa shape index (κ1) is 13.3. The van der Waals surface area contributed by atoms with Gasteiger partial charge in [-0.1, -0.05) is 12.8 Å². The van der Waals surface area contributed by atoms with Crippen molar-refractivity contribution in [3.05, 3.63) is 0 Å². The molecule has 0 aliphatic heterocycles. The largest absolute Gasteiger partial charge is 0.481 e. The highest BCUT2D eigenvalue weighted by Crippen LogP contribution is 2.24. The first-order chi connectivity index (χ1) is 8.66. The smallest absolute Gasteiger partial charge is 0.308 e. The molecule has 0 saturated heterocycles. The van der Waals surface area contributed by atoms with Crippen LogP contribution in [0.4, 0.5) is 0 Å². The summed E-state index contributed by atoms with van der Waals surface area (Å²) in [6.45, 7) is 0.695. The Hall–Kier alpha value is -1.10. The van der Waals surface area contributed by atoms with E-state index in [2.05, 4.69) is 10.6 Å². The van der Waals surface area contributed by atoms with Crippen LogP contribution in [0.5, 0.6) is 0 Å². The lowest BCUT2D eigenvalue weighted by atomic mass is 9.84. The summed E-state index contributed by atoms with van der Waals surface area (Å²) in [7, 11) is 0. The Morgan fingerprint density at radius 3 is 2.50 bits per heavy atom. The molecule has 0 aromatic carbocycles. The van der Waals surface area contributed by atoms with Crippen LogP contribution in [0.15, 0.2) is 0 Å². The summed E-state index contributed by atoms with van der Waals surface area (Å²) in [6.07, 6.45) is 6.30. The minimum absolute atomic E-state index is 0.0266. The van der Waals surface area contributed by atoms with Crippen molar-refractivity contribution in [3.63, 3.8) is 0 Å². The molecule has 0 radical (unpaired) electrons. The van der Waals surface area contributed by atoms with Gasteiger partial charge in [0.1, 0.15) is 0 Å². The number of amides is 1. The van der Waals surface area contributed by atoms with E-state index in [1.165, 1.54) is 12.8 Å². The van der Waals surface area contributed by atoms with Gasteiger partial charge in [0.2, 0.25) is 5.91 Å². The fraction of sp³-hybridized carbons (Fsp3) is 0.846. The summed E-state index contributed by atoms with van der Waals surface area (Å²) >= 11 is 0. The lowest BCUT2D eigenvalue weighted by Crippen LogP contribution is -2.45. The second-order valence-corrected chi connectivity index (χ2v) is 5.38. The standard InChI is InChI=1S/C13H22N2O3/c16-12(7-8-14-9-5-6-9)15-11-4-2-1-3-10(11)13(17)18/h9-11,14H,1-8H2,(H,15,16)(H,17,18). The topological polar surface area (TPSA) is 78.4 Å². The second-order valence-electron chi connectivity index (χ2n) is 5.38. The molecular weight excluding hydrogens is 232 g/mol. The highest BCUT2D eigenvalue weighted by molar-refractivity contribution is 5.78. The fourth-order valence-corrected chi connectivity index (χ4v) is 2.56. The zero-order valence-electron chi connectivity index (χ0n) is 10.7. The van der Waals surface area contributed by atoms with E-state index < -0.39 is 11.9 Å². The molecule has 2 rings (SSSR count). The highest BCUT2D eigenvalue weighted by atomic mass is 16.4. The molecule has 0 aromatic heterocycles. The molecule has 2 atom stereocenters. The number of hydrogen-bond acceptors (Lipinski definition) is 3. The van der Waals surface area contributed by atoms with E-state index in [1.54, 1.807) is 0 Å². The quantitative estimate of drug-likeness (QED) is 0.657. The number of carbonyl (C=O) groups excluding carboxylic acids is 1. The third-order valence-corrected chi connectivity index (χ3v) is 3.79. The minimum Gasteiger partial charge on any atom is -0.481 e. The zero-order valence-corrected chi connectivity index (χ0v) is 10.7. The molecule has 1 amide bonds. The summed E-state index contributed by atoms with van der Waals surface area (Å²) < 4.78 is 0. The minimum atomic E-state index is -0.781. The van der Waals surface area contributed by atoms with E-state index in [9.17, 15) is 9.59 Å². The van der Waals surface area contributed by atoms with Crippen molar-refractivity contribution in [2.45, 2.75) is 57.0 Å². The lowest BCUT2D eigenvalue weighted by molar-refractivity contribution is -0.144. The first-order valence-electron chi connectivity index (χ1n) is 6.92. The van der Waals surface area contributed by atoms with E-state index in [0.29, 0.717) is 25.4 Å². The Morgan fingerprint density at radius 1 is 1.11 bits per heavy atom. The van der Waals surface area contributed by atoms with E-state index in [0.717, 1.165) is 19.3 Å². The van der Waals surface area contributed by atoms with Crippen LogP contribution >= 0.6 is 0 Å². The Bertz CT molecular complexity index is 315. The van der Waals surface area contributed by atoms with Crippen molar-refractivity contribution >= 4 is 11.9 Å². The highest BCUT2D eigenvalue weighted by Gasteiger charge is 2.31. The van der Waals surface area contributed by atoms with Gasteiger partial charge in [-0.05, 0) is 25.7 Å². The van der Waals surface area contributed by atoms with E-state index in [4.69, 9.17) is 5.11 Å². The molecule has 2 aliphatic carbocycles. The van der Waals surface area contributed by atoms with Gasteiger partial charge < -0.3 is 15.7 Å². The van der Waals surface area contributed by atoms with Gasteiger partial charge in [-0.15, -0.1) is 0 Å². The van der Waals surface area contributed by atoms with Crippen LogP contribution in [0.2, 0.25) is 0 Å². The fourth-order valence-electron chi connectivity index (χ4n) is 2.56. The molecule has 2 fully saturated rings. The van der Waals surface area contributed by atoms with Crippen LogP contribution in [0.25, 0.3) is 0 Å². The van der Waals surface area contributed by atoms with Crippen molar-refractivity contribution in [3.8, 4) is 0 Å². The molecule has 0 aromatic rings. The lowest BCUT2D eigenvalue weighted by Gasteiger charge is -2.29. The van der Waals surface area contributed by atoms with Gasteiger partial charge in [-0.2, -0.15) is 0 Å². The van der Waals surface area contributed by atoms with Crippen LogP contribution in [0, 0.1) is 5.92 Å². The number of hydrogen-bond donors (Lipinski definition) is 3. The summed E-state index contributed by atoms with van der Waals surface area (Å²) in [5, 5.41) is 15.3. The molecule has 18 heavy (non-hydrogen) atoms. The van der Waals surface area contributed by atoms with Gasteiger partial charge in [0.05, 0.1) is 5.92 Å². The van der Waals surface area contributed by atoms with Crippen molar-refractivity contribution < 1.29 is 14.7 Å². The number of rotatable bonds is 6. The number of aliphatic carboxylic acids is 1. The first-order valence-corrected chi connectivity index (χ1v) is 6.92. The van der Waals surface area contributed by atoms with E-state index in [-0.39, 0.29) is 11.9 Å². The van der Waals surface area contributed by atoms with Crippen LogP contribution in [0.3, 0.4) is 0 Å². The van der Waals surface area contributed by atoms with Gasteiger partial charge >= 0.3 is 5.97 Å². The van der Waals surface area contributed by atoms with Crippen LogP contribution in [0.1, 0.15) is 44.9 Å². The van der Waals surface area contributed by atoms with Crippen molar-refractivity contribution in [1.82, 2.24) is 10.6 Å². The monoisotopic (exact) mass is 254 g/mol. The molecule has 0 heterocycles. The van der Waals surface area contributed by atoms with Gasteiger partial charge in [0, 0.05) is 25.0 Å². The maximum Gasteiger partial charge on any atom is 0.308 e. The zero-order chi connectivity index (χ0) is 13.0. The molecule has 5 nitrogen and oxygen atoms in total. The van der Waals surface area contributed by atoms with Crippen LogP contribution < -0.4 is 10.6 Å². The second kappa shape index (κ2) is 6.18. The molecule has 102 valence electrons. The number of carbonyl (C=O) groups is 2. The summed E-state index contributed by atoms with van der Waals surface area (Å²) in [6, 6.07) is 0.434. The number of nitrogens with one attached hydrogen (secondary N) is 2. The maximum atomic E-state index is 11.7. The molecule has 5 heteroatoms. The SMILES string of the molecule is O=C(CCNC1CC1)NC1CCCCC1C(=O)O. The van der Waals surface area contributed by atoms with E-state index >= 15 is 0 Å². The van der Waals surface area contributed by atoms with Crippen molar-refractivity contribution in [2.24, 2.45) is 5.92 Å². The van der Waals surface area contributed by atoms with E-state index in [1.807, 2.05) is 0 Å². The Labute approximate surface area is 107 Å². The van der Waals surface area contributed by atoms with Crippen LogP contribution in [-0.2, 0) is 9.59 Å². The van der Waals surface area contributed by atoms with Crippen molar-refractivity contribution in [1.29, 1.82) is 0 Å². The molecule has 2 aliphatic rings. The molecule has 2 unspecified atom stereocenters. The van der Waals surface area contributed by atoms with Gasteiger partial charge in [0.15, 0.2) is 0 Å². The molecule has 3 N–H and O–H groups in total. The van der Waals surface area contributed by atoms with Crippen molar-refractivity contribution in [2.75, 3.05) is 6.54 Å². The molecule has 2 saturated carbocycles. The van der Waals surface area contributed by atoms with Gasteiger partial charge in [-0.3, -0.25) is 9.59 Å². The predicted octanol–water partition coefficient (Wildman–Crippen LogP) is 0.888.